The predicted molar refractivity (Wildman–Crippen MR) is 115 cm³/mol. The summed E-state index contributed by atoms with van der Waals surface area (Å²) in [6.45, 7) is 2.77. The number of rotatable bonds is 3. The monoisotopic (exact) mass is 405 g/mol. The van der Waals surface area contributed by atoms with E-state index in [1.54, 1.807) is 12.5 Å². The number of nitrogens with one attached hydrogen (secondary N) is 1. The molecule has 1 amide bonds. The smallest absolute Gasteiger partial charge is 0.227 e. The van der Waals surface area contributed by atoms with E-state index in [0.29, 0.717) is 24.5 Å². The second-order valence-electron chi connectivity index (χ2n) is 7.28. The second kappa shape index (κ2) is 7.37. The van der Waals surface area contributed by atoms with Gasteiger partial charge in [0.15, 0.2) is 0 Å². The van der Waals surface area contributed by atoms with Crippen molar-refractivity contribution in [2.75, 3.05) is 31.1 Å². The maximum absolute atomic E-state index is 12.8. The van der Waals surface area contributed by atoms with Crippen molar-refractivity contribution in [1.82, 2.24) is 19.9 Å². The van der Waals surface area contributed by atoms with Gasteiger partial charge >= 0.3 is 0 Å². The Kier molecular flexibility index (Phi) is 4.56. The molecule has 7 heteroatoms. The van der Waals surface area contributed by atoms with Gasteiger partial charge in [-0.25, -0.2) is 9.97 Å². The SMILES string of the molecule is O=C(Cc1ccc2ccccc2c1)N1CCN(c2ncnc3[nH]cc(Cl)c23)CC1. The molecule has 1 aliphatic heterocycles. The first-order valence-corrected chi connectivity index (χ1v) is 10.0. The van der Waals surface area contributed by atoms with Gasteiger partial charge in [-0.2, -0.15) is 0 Å². The van der Waals surface area contributed by atoms with Gasteiger partial charge in [0, 0.05) is 32.4 Å². The molecular formula is C22H20ClN5O. The number of amides is 1. The van der Waals surface area contributed by atoms with Crippen LogP contribution in [0.25, 0.3) is 21.8 Å². The van der Waals surface area contributed by atoms with Crippen LogP contribution in [0.5, 0.6) is 0 Å². The number of piperazine rings is 1. The molecule has 2 aromatic carbocycles. The lowest BCUT2D eigenvalue weighted by atomic mass is 10.0. The zero-order valence-corrected chi connectivity index (χ0v) is 16.6. The van der Waals surface area contributed by atoms with E-state index in [1.807, 2.05) is 23.1 Å². The number of carbonyl (C=O) groups is 1. The number of carbonyl (C=O) groups excluding carboxylic acids is 1. The first-order chi connectivity index (χ1) is 14.2. The summed E-state index contributed by atoms with van der Waals surface area (Å²) in [6, 6.07) is 14.4. The van der Waals surface area contributed by atoms with E-state index in [9.17, 15) is 4.79 Å². The number of aromatic nitrogens is 3. The minimum atomic E-state index is 0.160. The van der Waals surface area contributed by atoms with Gasteiger partial charge in [-0.1, -0.05) is 54.1 Å². The van der Waals surface area contributed by atoms with Gasteiger partial charge in [-0.3, -0.25) is 4.79 Å². The van der Waals surface area contributed by atoms with E-state index in [1.165, 1.54) is 10.8 Å². The number of aromatic amines is 1. The number of hydrogen-bond donors (Lipinski definition) is 1. The number of hydrogen-bond acceptors (Lipinski definition) is 4. The van der Waals surface area contributed by atoms with Crippen LogP contribution in [0.1, 0.15) is 5.56 Å². The molecule has 1 saturated heterocycles. The number of H-pyrrole nitrogens is 1. The Morgan fingerprint density at radius 3 is 2.66 bits per heavy atom. The molecule has 0 spiro atoms. The van der Waals surface area contributed by atoms with Crippen molar-refractivity contribution in [1.29, 1.82) is 0 Å². The van der Waals surface area contributed by atoms with Crippen molar-refractivity contribution >= 4 is 45.1 Å². The number of benzene rings is 2. The third kappa shape index (κ3) is 3.40. The molecule has 0 bridgehead atoms. The van der Waals surface area contributed by atoms with Gasteiger partial charge in [-0.15, -0.1) is 0 Å². The maximum Gasteiger partial charge on any atom is 0.227 e. The minimum absolute atomic E-state index is 0.160. The van der Waals surface area contributed by atoms with Gasteiger partial charge in [0.25, 0.3) is 0 Å². The average molecular weight is 406 g/mol. The third-order valence-corrected chi connectivity index (χ3v) is 5.80. The van der Waals surface area contributed by atoms with Gasteiger partial charge in [0.1, 0.15) is 17.8 Å². The van der Waals surface area contributed by atoms with Gasteiger partial charge in [-0.05, 0) is 16.3 Å². The van der Waals surface area contributed by atoms with Crippen LogP contribution in [0, 0.1) is 0 Å². The Balaban J connectivity index is 1.27. The zero-order chi connectivity index (χ0) is 19.8. The summed E-state index contributed by atoms with van der Waals surface area (Å²) >= 11 is 6.31. The molecule has 0 aliphatic carbocycles. The molecule has 0 saturated carbocycles. The normalized spacial score (nSPS) is 14.7. The summed E-state index contributed by atoms with van der Waals surface area (Å²) in [4.78, 5) is 28.7. The summed E-state index contributed by atoms with van der Waals surface area (Å²) < 4.78 is 0. The maximum atomic E-state index is 12.8. The highest BCUT2D eigenvalue weighted by Crippen LogP contribution is 2.30. The number of nitrogens with zero attached hydrogens (tertiary/aromatic N) is 4. The van der Waals surface area contributed by atoms with E-state index >= 15 is 0 Å². The molecule has 0 unspecified atom stereocenters. The zero-order valence-electron chi connectivity index (χ0n) is 15.8. The molecule has 1 aliphatic rings. The lowest BCUT2D eigenvalue weighted by Crippen LogP contribution is -2.49. The molecule has 6 nitrogen and oxygen atoms in total. The first-order valence-electron chi connectivity index (χ1n) is 9.67. The van der Waals surface area contributed by atoms with Gasteiger partial charge in [0.05, 0.1) is 16.8 Å². The van der Waals surface area contributed by atoms with Crippen LogP contribution in [-0.2, 0) is 11.2 Å². The van der Waals surface area contributed by atoms with Crippen LogP contribution >= 0.6 is 11.6 Å². The van der Waals surface area contributed by atoms with Gasteiger partial charge in [0.2, 0.25) is 5.91 Å². The first kappa shape index (κ1) is 17.9. The highest BCUT2D eigenvalue weighted by Gasteiger charge is 2.24. The quantitative estimate of drug-likeness (QED) is 0.565. The third-order valence-electron chi connectivity index (χ3n) is 5.50. The van der Waals surface area contributed by atoms with Crippen molar-refractivity contribution in [2.24, 2.45) is 0 Å². The van der Waals surface area contributed by atoms with Crippen LogP contribution < -0.4 is 4.90 Å². The Morgan fingerprint density at radius 1 is 1.03 bits per heavy atom. The Bertz CT molecular complexity index is 1200. The fourth-order valence-corrected chi connectivity index (χ4v) is 4.18. The van der Waals surface area contributed by atoms with Crippen LogP contribution in [0.3, 0.4) is 0 Å². The molecule has 29 heavy (non-hydrogen) atoms. The molecule has 146 valence electrons. The molecular weight excluding hydrogens is 386 g/mol. The highest BCUT2D eigenvalue weighted by atomic mass is 35.5. The number of anilines is 1. The minimum Gasteiger partial charge on any atom is -0.352 e. The van der Waals surface area contributed by atoms with E-state index in [2.05, 4.69) is 44.1 Å². The Morgan fingerprint density at radius 2 is 1.83 bits per heavy atom. The lowest BCUT2D eigenvalue weighted by Gasteiger charge is -2.35. The predicted octanol–water partition coefficient (Wildman–Crippen LogP) is 3.66. The summed E-state index contributed by atoms with van der Waals surface area (Å²) in [5.41, 5.74) is 1.78. The molecule has 1 N–H and O–H groups in total. The molecule has 2 aromatic heterocycles. The summed E-state index contributed by atoms with van der Waals surface area (Å²) in [5.74, 6) is 0.982. The standard InChI is InChI=1S/C22H20ClN5O/c23-18-13-24-21-20(18)22(26-14-25-21)28-9-7-27(8-10-28)19(29)12-15-5-6-16-3-1-2-4-17(16)11-15/h1-6,11,13-14H,7-10,12H2,(H,24,25,26). The van der Waals surface area contributed by atoms with Gasteiger partial charge < -0.3 is 14.8 Å². The Labute approximate surface area is 173 Å². The van der Waals surface area contributed by atoms with Crippen LogP contribution in [-0.4, -0.2) is 51.9 Å². The van der Waals surface area contributed by atoms with Crippen molar-refractivity contribution < 1.29 is 4.79 Å². The van der Waals surface area contributed by atoms with E-state index in [0.717, 1.165) is 35.5 Å². The van der Waals surface area contributed by atoms with Crippen molar-refractivity contribution in [3.63, 3.8) is 0 Å². The summed E-state index contributed by atoms with van der Waals surface area (Å²) in [6.07, 6.45) is 3.70. The molecule has 5 rings (SSSR count). The van der Waals surface area contributed by atoms with Crippen molar-refractivity contribution in [3.8, 4) is 0 Å². The van der Waals surface area contributed by atoms with Crippen molar-refractivity contribution in [3.05, 3.63) is 65.6 Å². The second-order valence-corrected chi connectivity index (χ2v) is 7.69. The number of halogens is 1. The molecule has 0 radical (unpaired) electrons. The van der Waals surface area contributed by atoms with E-state index in [-0.39, 0.29) is 5.91 Å². The fourth-order valence-electron chi connectivity index (χ4n) is 3.95. The molecule has 1 fully saturated rings. The molecule has 3 heterocycles. The molecule has 0 atom stereocenters. The number of fused-ring (bicyclic) bond motifs is 2. The van der Waals surface area contributed by atoms with Crippen LogP contribution in [0.2, 0.25) is 5.02 Å². The Hall–Kier alpha value is -3.12. The van der Waals surface area contributed by atoms with E-state index in [4.69, 9.17) is 11.6 Å². The molecule has 4 aromatic rings. The van der Waals surface area contributed by atoms with Crippen LogP contribution in [0.4, 0.5) is 5.82 Å². The largest absolute Gasteiger partial charge is 0.352 e. The fraction of sp³-hybridized carbons (Fsp3) is 0.227. The highest BCUT2D eigenvalue weighted by molar-refractivity contribution is 6.36. The van der Waals surface area contributed by atoms with Crippen molar-refractivity contribution in [2.45, 2.75) is 6.42 Å². The lowest BCUT2D eigenvalue weighted by molar-refractivity contribution is -0.130. The summed E-state index contributed by atoms with van der Waals surface area (Å²) in [7, 11) is 0. The van der Waals surface area contributed by atoms with E-state index < -0.39 is 0 Å². The summed E-state index contributed by atoms with van der Waals surface area (Å²) in [5, 5.41) is 3.81. The van der Waals surface area contributed by atoms with Crippen LogP contribution in [0.15, 0.2) is 55.0 Å². The average Bonchev–Trinajstić information content (AvgIpc) is 3.15. The topological polar surface area (TPSA) is 65.1 Å².